The molecule has 0 saturated carbocycles. The Bertz CT molecular complexity index is 1290. The Balaban J connectivity index is 4.47. The summed E-state index contributed by atoms with van der Waals surface area (Å²) in [6, 6.07) is -1.53. The van der Waals surface area contributed by atoms with Crippen LogP contribution in [-0.4, -0.2) is 59.9 Å². The molecule has 0 aromatic heterocycles. The van der Waals surface area contributed by atoms with Crippen molar-refractivity contribution in [2.75, 3.05) is 19.8 Å². The van der Waals surface area contributed by atoms with Crippen LogP contribution < -0.4 is 5.73 Å². The Hall–Kier alpha value is -3.08. The Labute approximate surface area is 363 Å². The molecule has 0 aliphatic carbocycles. The Morgan fingerprint density at radius 3 is 1.43 bits per heavy atom. The summed E-state index contributed by atoms with van der Waals surface area (Å²) >= 11 is 0. The Morgan fingerprint density at radius 2 is 0.917 bits per heavy atom. The number of carbonyl (C=O) groups excluding carboxylic acids is 2. The number of unbranched alkanes of at least 4 members (excludes halogenated alkanes) is 16. The third-order valence-electron chi connectivity index (χ3n) is 9.44. The molecule has 4 N–H and O–H groups in total. The molecule has 0 fully saturated rings. The summed E-state index contributed by atoms with van der Waals surface area (Å²) in [4.78, 5) is 46.0. The van der Waals surface area contributed by atoms with Crippen LogP contribution in [0.25, 0.3) is 0 Å². The molecule has 0 aromatic rings. The highest BCUT2D eigenvalue weighted by molar-refractivity contribution is 7.47. The average molecular weight is 864 g/mol. The van der Waals surface area contributed by atoms with Crippen LogP contribution in [0, 0.1) is 0 Å². The zero-order valence-corrected chi connectivity index (χ0v) is 38.2. The van der Waals surface area contributed by atoms with Gasteiger partial charge in [-0.1, -0.05) is 164 Å². The summed E-state index contributed by atoms with van der Waals surface area (Å²) in [5, 5.41) is 8.90. The molecule has 0 amide bonds. The summed E-state index contributed by atoms with van der Waals surface area (Å²) in [5.74, 6) is -2.49. The standard InChI is InChI=1S/C48H82NO10P/c1-3-5-7-9-11-13-15-17-19-21-22-24-25-27-29-31-33-35-37-39-46(50)56-41-44(42-57-60(54,55)58-43-45(49)48(52)53)59-47(51)40-38-36-34-32-30-28-26-23-20-18-16-14-12-10-8-6-4-2/h11,13,17-20,22,24,27,29,33,35,44-45H,3-10,12,14-16,21,23,25-26,28,30-32,34,36-43,49H2,1-2H3,(H,52,53)(H,54,55)/b13-11+,19-17+,20-18+,24-22+,29-27+,35-33+/t44-,45+/m1/s1. The van der Waals surface area contributed by atoms with Crippen molar-refractivity contribution in [3.63, 3.8) is 0 Å². The van der Waals surface area contributed by atoms with Gasteiger partial charge in [-0.2, -0.15) is 0 Å². The van der Waals surface area contributed by atoms with E-state index in [4.69, 9.17) is 24.8 Å². The molecule has 12 heteroatoms. The van der Waals surface area contributed by atoms with Crippen LogP contribution in [0.4, 0.5) is 0 Å². The second-order valence-electron chi connectivity index (χ2n) is 15.2. The van der Waals surface area contributed by atoms with E-state index in [0.717, 1.165) is 57.8 Å². The van der Waals surface area contributed by atoms with E-state index in [9.17, 15) is 23.8 Å². The molecule has 11 nitrogen and oxygen atoms in total. The quantitative estimate of drug-likeness (QED) is 0.0231. The number of hydrogen-bond donors (Lipinski definition) is 3. The first-order chi connectivity index (χ1) is 29.1. The number of phosphoric acid groups is 1. The molecule has 344 valence electrons. The lowest BCUT2D eigenvalue weighted by molar-refractivity contribution is -0.161. The van der Waals surface area contributed by atoms with Gasteiger partial charge in [0.15, 0.2) is 6.10 Å². The zero-order valence-electron chi connectivity index (χ0n) is 37.3. The third kappa shape index (κ3) is 41.6. The van der Waals surface area contributed by atoms with Crippen molar-refractivity contribution in [2.24, 2.45) is 5.73 Å². The molecule has 0 bridgehead atoms. The number of aliphatic carboxylic acids is 1. The van der Waals surface area contributed by atoms with Gasteiger partial charge in [-0.3, -0.25) is 23.4 Å². The van der Waals surface area contributed by atoms with Gasteiger partial charge in [-0.15, -0.1) is 0 Å². The van der Waals surface area contributed by atoms with Gasteiger partial charge in [0.25, 0.3) is 0 Å². The van der Waals surface area contributed by atoms with Crippen LogP contribution in [-0.2, 0) is 37.5 Å². The second-order valence-corrected chi connectivity index (χ2v) is 16.6. The number of phosphoric ester groups is 1. The summed E-state index contributed by atoms with van der Waals surface area (Å²) < 4.78 is 32.7. The number of carboxylic acids is 1. The zero-order chi connectivity index (χ0) is 44.2. The summed E-state index contributed by atoms with van der Waals surface area (Å²) in [6.07, 6.45) is 51.2. The number of esters is 2. The molecular weight excluding hydrogens is 781 g/mol. The fourth-order valence-corrected chi connectivity index (χ4v) is 6.58. The molecule has 0 aliphatic heterocycles. The van der Waals surface area contributed by atoms with Crippen LogP contribution in [0.1, 0.15) is 181 Å². The molecule has 0 spiro atoms. The Kier molecular flexibility index (Phi) is 40.4. The van der Waals surface area contributed by atoms with Crippen LogP contribution in [0.15, 0.2) is 72.9 Å². The average Bonchev–Trinajstić information content (AvgIpc) is 3.22. The number of hydrogen-bond acceptors (Lipinski definition) is 9. The molecular formula is C48H82NO10P. The lowest BCUT2D eigenvalue weighted by Crippen LogP contribution is -2.34. The van der Waals surface area contributed by atoms with Crippen LogP contribution >= 0.6 is 7.82 Å². The van der Waals surface area contributed by atoms with Gasteiger partial charge in [0.05, 0.1) is 13.2 Å². The topological polar surface area (TPSA) is 172 Å². The predicted molar refractivity (Wildman–Crippen MR) is 244 cm³/mol. The van der Waals surface area contributed by atoms with E-state index in [2.05, 4.69) is 79.1 Å². The van der Waals surface area contributed by atoms with E-state index in [1.165, 1.54) is 83.5 Å². The highest BCUT2D eigenvalue weighted by Crippen LogP contribution is 2.43. The second kappa shape index (κ2) is 42.6. The summed E-state index contributed by atoms with van der Waals surface area (Å²) in [7, 11) is -4.74. The van der Waals surface area contributed by atoms with Crippen molar-refractivity contribution in [1.29, 1.82) is 0 Å². The third-order valence-corrected chi connectivity index (χ3v) is 10.4. The van der Waals surface area contributed by atoms with E-state index in [1.54, 1.807) is 0 Å². The van der Waals surface area contributed by atoms with Crippen molar-refractivity contribution in [3.8, 4) is 0 Å². The van der Waals surface area contributed by atoms with Gasteiger partial charge in [-0.25, -0.2) is 4.57 Å². The lowest BCUT2D eigenvalue weighted by atomic mass is 10.1. The minimum atomic E-state index is -4.74. The SMILES string of the molecule is CCCCC/C=C/C/C=C/C/C=C/C/C=C/C/C=C/CCC(=O)OC[C@H](COP(=O)(O)OC[C@H](N)C(=O)O)OC(=O)CCCCCCCCC/C=C/CCCCCCCC. The van der Waals surface area contributed by atoms with E-state index in [1.807, 2.05) is 12.2 Å². The van der Waals surface area contributed by atoms with Gasteiger partial charge in [-0.05, 0) is 77.0 Å². The van der Waals surface area contributed by atoms with Gasteiger partial charge in [0.2, 0.25) is 0 Å². The molecule has 0 aliphatic rings. The summed E-state index contributed by atoms with van der Waals surface area (Å²) in [6.45, 7) is 2.69. The fourth-order valence-electron chi connectivity index (χ4n) is 5.81. The first-order valence-corrected chi connectivity index (χ1v) is 24.5. The molecule has 3 atom stereocenters. The molecule has 0 saturated heterocycles. The lowest BCUT2D eigenvalue weighted by Gasteiger charge is -2.20. The Morgan fingerprint density at radius 1 is 0.517 bits per heavy atom. The maximum atomic E-state index is 12.6. The monoisotopic (exact) mass is 864 g/mol. The first-order valence-electron chi connectivity index (χ1n) is 23.0. The van der Waals surface area contributed by atoms with Crippen molar-refractivity contribution in [3.05, 3.63) is 72.9 Å². The minimum absolute atomic E-state index is 0.0945. The van der Waals surface area contributed by atoms with E-state index in [0.29, 0.717) is 12.8 Å². The largest absolute Gasteiger partial charge is 0.480 e. The minimum Gasteiger partial charge on any atom is -0.480 e. The van der Waals surface area contributed by atoms with E-state index >= 15 is 0 Å². The van der Waals surface area contributed by atoms with Gasteiger partial charge in [0.1, 0.15) is 12.6 Å². The van der Waals surface area contributed by atoms with Gasteiger partial charge >= 0.3 is 25.7 Å². The number of rotatable bonds is 42. The first kappa shape index (κ1) is 56.9. The van der Waals surface area contributed by atoms with Crippen molar-refractivity contribution in [2.45, 2.75) is 193 Å². The number of nitrogens with two attached hydrogens (primary N) is 1. The fraction of sp³-hybridized carbons (Fsp3) is 0.688. The molecule has 0 rings (SSSR count). The van der Waals surface area contributed by atoms with Crippen LogP contribution in [0.5, 0.6) is 0 Å². The summed E-state index contributed by atoms with van der Waals surface area (Å²) in [5.41, 5.74) is 5.33. The number of allylic oxidation sites excluding steroid dienone is 12. The van der Waals surface area contributed by atoms with E-state index < -0.39 is 51.1 Å². The maximum absolute atomic E-state index is 12.6. The number of ether oxygens (including phenoxy) is 2. The van der Waals surface area contributed by atoms with Crippen molar-refractivity contribution >= 4 is 25.7 Å². The molecule has 0 radical (unpaired) electrons. The van der Waals surface area contributed by atoms with Gasteiger partial charge < -0.3 is 25.2 Å². The number of carboxylic acid groups (broad SMARTS) is 1. The molecule has 0 aromatic carbocycles. The van der Waals surface area contributed by atoms with Crippen molar-refractivity contribution in [1.82, 2.24) is 0 Å². The molecule has 1 unspecified atom stereocenters. The number of carbonyl (C=O) groups is 3. The van der Waals surface area contributed by atoms with Crippen LogP contribution in [0.2, 0.25) is 0 Å². The van der Waals surface area contributed by atoms with Crippen molar-refractivity contribution < 1.29 is 47.5 Å². The normalized spacial score (nSPS) is 14.3. The van der Waals surface area contributed by atoms with E-state index in [-0.39, 0.29) is 19.4 Å². The predicted octanol–water partition coefficient (Wildman–Crippen LogP) is 12.5. The highest BCUT2D eigenvalue weighted by Gasteiger charge is 2.28. The maximum Gasteiger partial charge on any atom is 0.472 e. The molecule has 60 heavy (non-hydrogen) atoms. The van der Waals surface area contributed by atoms with Gasteiger partial charge in [0, 0.05) is 12.8 Å². The molecule has 0 heterocycles. The highest BCUT2D eigenvalue weighted by atomic mass is 31.2. The smallest absolute Gasteiger partial charge is 0.472 e. The van der Waals surface area contributed by atoms with Crippen LogP contribution in [0.3, 0.4) is 0 Å².